The molecule has 1 aromatic rings. The van der Waals surface area contributed by atoms with E-state index in [1.54, 1.807) is 0 Å². The van der Waals surface area contributed by atoms with Crippen LogP contribution in [0.5, 0.6) is 0 Å². The first-order valence-electron chi connectivity index (χ1n) is 8.43. The average Bonchev–Trinajstić information content (AvgIpc) is 2.49. The molecule has 0 aromatic carbocycles. The molecule has 1 aromatic heterocycles. The van der Waals surface area contributed by atoms with Gasteiger partial charge in [0, 0.05) is 25.8 Å². The van der Waals surface area contributed by atoms with Crippen molar-refractivity contribution in [1.29, 1.82) is 0 Å². The standard InChI is InChI=1S/C18H31N3/c1-4-19-14-18(10-8-16(2)9-11-18)15-21(3)13-17-7-5-6-12-20-17/h5-7,12,16,19H,4,8-11,13-15H2,1-3H3. The first-order chi connectivity index (χ1) is 10.1. The van der Waals surface area contributed by atoms with Crippen LogP contribution in [0.15, 0.2) is 24.4 Å². The van der Waals surface area contributed by atoms with Crippen molar-refractivity contribution < 1.29 is 0 Å². The second-order valence-electron chi connectivity index (χ2n) is 6.96. The molecule has 0 amide bonds. The van der Waals surface area contributed by atoms with Gasteiger partial charge in [0.2, 0.25) is 0 Å². The Labute approximate surface area is 130 Å². The molecule has 1 aliphatic rings. The molecule has 0 atom stereocenters. The van der Waals surface area contributed by atoms with E-state index in [1.807, 2.05) is 12.3 Å². The lowest BCUT2D eigenvalue weighted by atomic mass is 9.70. The predicted octanol–water partition coefficient (Wildman–Crippen LogP) is 3.32. The monoisotopic (exact) mass is 289 g/mol. The number of hydrogen-bond donors (Lipinski definition) is 1. The van der Waals surface area contributed by atoms with E-state index >= 15 is 0 Å². The van der Waals surface area contributed by atoms with Gasteiger partial charge < -0.3 is 5.32 Å². The zero-order valence-electron chi connectivity index (χ0n) is 13.9. The molecular formula is C18H31N3. The highest BCUT2D eigenvalue weighted by molar-refractivity contribution is 5.03. The Morgan fingerprint density at radius 1 is 1.33 bits per heavy atom. The molecule has 1 aliphatic carbocycles. The third kappa shape index (κ3) is 5.08. The Morgan fingerprint density at radius 2 is 2.10 bits per heavy atom. The van der Waals surface area contributed by atoms with Crippen molar-refractivity contribution in [2.24, 2.45) is 11.3 Å². The van der Waals surface area contributed by atoms with Gasteiger partial charge in [-0.05, 0) is 49.9 Å². The fourth-order valence-electron chi connectivity index (χ4n) is 3.55. The van der Waals surface area contributed by atoms with Crippen molar-refractivity contribution in [2.75, 3.05) is 26.7 Å². The SMILES string of the molecule is CCNCC1(CN(C)Cc2ccccn2)CCC(C)CC1. The molecule has 0 bridgehead atoms. The summed E-state index contributed by atoms with van der Waals surface area (Å²) >= 11 is 0. The number of aromatic nitrogens is 1. The van der Waals surface area contributed by atoms with Crippen molar-refractivity contribution in [1.82, 2.24) is 15.2 Å². The van der Waals surface area contributed by atoms with E-state index in [9.17, 15) is 0 Å². The van der Waals surface area contributed by atoms with Crippen LogP contribution in [0.25, 0.3) is 0 Å². The number of rotatable bonds is 7. The summed E-state index contributed by atoms with van der Waals surface area (Å²) in [6, 6.07) is 6.18. The number of nitrogens with one attached hydrogen (secondary N) is 1. The van der Waals surface area contributed by atoms with Gasteiger partial charge in [-0.15, -0.1) is 0 Å². The lowest BCUT2D eigenvalue weighted by Crippen LogP contribution is -2.45. The van der Waals surface area contributed by atoms with Crippen molar-refractivity contribution in [3.8, 4) is 0 Å². The molecule has 0 unspecified atom stereocenters. The molecule has 2 rings (SSSR count). The Bertz CT molecular complexity index is 391. The summed E-state index contributed by atoms with van der Waals surface area (Å²) in [5, 5.41) is 3.60. The van der Waals surface area contributed by atoms with Crippen molar-refractivity contribution >= 4 is 0 Å². The molecule has 0 aliphatic heterocycles. The molecular weight excluding hydrogens is 258 g/mol. The summed E-state index contributed by atoms with van der Waals surface area (Å²) in [5.74, 6) is 0.904. The fraction of sp³-hybridized carbons (Fsp3) is 0.722. The minimum absolute atomic E-state index is 0.450. The summed E-state index contributed by atoms with van der Waals surface area (Å²) in [6.45, 7) is 8.95. The maximum Gasteiger partial charge on any atom is 0.0543 e. The van der Waals surface area contributed by atoms with Crippen LogP contribution >= 0.6 is 0 Å². The minimum Gasteiger partial charge on any atom is -0.316 e. The van der Waals surface area contributed by atoms with E-state index in [0.717, 1.165) is 25.6 Å². The Balaban J connectivity index is 1.94. The van der Waals surface area contributed by atoms with Crippen molar-refractivity contribution in [2.45, 2.75) is 46.1 Å². The number of hydrogen-bond acceptors (Lipinski definition) is 3. The first kappa shape index (κ1) is 16.4. The number of nitrogens with zero attached hydrogens (tertiary/aromatic N) is 2. The summed E-state index contributed by atoms with van der Waals surface area (Å²) in [4.78, 5) is 6.91. The van der Waals surface area contributed by atoms with Gasteiger partial charge >= 0.3 is 0 Å². The zero-order valence-corrected chi connectivity index (χ0v) is 13.9. The van der Waals surface area contributed by atoms with E-state index in [1.165, 1.54) is 37.9 Å². The van der Waals surface area contributed by atoms with E-state index < -0.39 is 0 Å². The van der Waals surface area contributed by atoms with Gasteiger partial charge in [-0.2, -0.15) is 0 Å². The Kier molecular flexibility index (Phi) is 6.19. The molecule has 1 fully saturated rings. The highest BCUT2D eigenvalue weighted by Gasteiger charge is 2.34. The van der Waals surface area contributed by atoms with Gasteiger partial charge in [-0.25, -0.2) is 0 Å². The van der Waals surface area contributed by atoms with Crippen LogP contribution < -0.4 is 5.32 Å². The molecule has 1 N–H and O–H groups in total. The molecule has 1 saturated carbocycles. The number of pyridine rings is 1. The van der Waals surface area contributed by atoms with Gasteiger partial charge in [0.05, 0.1) is 5.69 Å². The maximum absolute atomic E-state index is 4.45. The second-order valence-corrected chi connectivity index (χ2v) is 6.96. The Morgan fingerprint density at radius 3 is 2.71 bits per heavy atom. The van der Waals surface area contributed by atoms with Crippen LogP contribution in [-0.2, 0) is 6.54 Å². The molecule has 1 heterocycles. The smallest absolute Gasteiger partial charge is 0.0543 e. The van der Waals surface area contributed by atoms with Gasteiger partial charge in [0.25, 0.3) is 0 Å². The van der Waals surface area contributed by atoms with Crippen LogP contribution in [0, 0.1) is 11.3 Å². The zero-order chi connectivity index (χ0) is 15.1. The van der Waals surface area contributed by atoms with Crippen LogP contribution in [0.2, 0.25) is 0 Å². The minimum atomic E-state index is 0.450. The first-order valence-corrected chi connectivity index (χ1v) is 8.43. The Hall–Kier alpha value is -0.930. The molecule has 3 heteroatoms. The van der Waals surface area contributed by atoms with E-state index in [2.05, 4.69) is 48.2 Å². The third-order valence-corrected chi connectivity index (χ3v) is 4.85. The summed E-state index contributed by atoms with van der Waals surface area (Å²) in [6.07, 6.45) is 7.35. The van der Waals surface area contributed by atoms with Gasteiger partial charge in [0.1, 0.15) is 0 Å². The third-order valence-electron chi connectivity index (χ3n) is 4.85. The largest absolute Gasteiger partial charge is 0.316 e. The highest BCUT2D eigenvalue weighted by Crippen LogP contribution is 2.39. The second kappa shape index (κ2) is 7.90. The molecule has 118 valence electrons. The highest BCUT2D eigenvalue weighted by atomic mass is 15.1. The van der Waals surface area contributed by atoms with Crippen LogP contribution in [0.1, 0.15) is 45.2 Å². The molecule has 0 radical (unpaired) electrons. The van der Waals surface area contributed by atoms with Crippen molar-refractivity contribution in [3.05, 3.63) is 30.1 Å². The molecule has 21 heavy (non-hydrogen) atoms. The van der Waals surface area contributed by atoms with Crippen LogP contribution in [0.4, 0.5) is 0 Å². The summed E-state index contributed by atoms with van der Waals surface area (Å²) in [7, 11) is 2.24. The van der Waals surface area contributed by atoms with E-state index in [0.29, 0.717) is 5.41 Å². The lowest BCUT2D eigenvalue weighted by molar-refractivity contribution is 0.0958. The summed E-state index contributed by atoms with van der Waals surface area (Å²) < 4.78 is 0. The van der Waals surface area contributed by atoms with E-state index in [-0.39, 0.29) is 0 Å². The predicted molar refractivity (Wildman–Crippen MR) is 89.2 cm³/mol. The van der Waals surface area contributed by atoms with Gasteiger partial charge in [-0.1, -0.05) is 32.8 Å². The summed E-state index contributed by atoms with van der Waals surface area (Å²) in [5.41, 5.74) is 1.62. The molecule has 0 saturated heterocycles. The average molecular weight is 289 g/mol. The van der Waals surface area contributed by atoms with Gasteiger partial charge in [-0.3, -0.25) is 9.88 Å². The fourth-order valence-corrected chi connectivity index (χ4v) is 3.55. The van der Waals surface area contributed by atoms with Gasteiger partial charge in [0.15, 0.2) is 0 Å². The van der Waals surface area contributed by atoms with Crippen LogP contribution in [-0.4, -0.2) is 36.6 Å². The normalized spacial score (nSPS) is 26.2. The van der Waals surface area contributed by atoms with E-state index in [4.69, 9.17) is 0 Å². The topological polar surface area (TPSA) is 28.2 Å². The maximum atomic E-state index is 4.45. The molecule has 0 spiro atoms. The quantitative estimate of drug-likeness (QED) is 0.834. The van der Waals surface area contributed by atoms with Crippen LogP contribution in [0.3, 0.4) is 0 Å². The van der Waals surface area contributed by atoms with Crippen molar-refractivity contribution in [3.63, 3.8) is 0 Å². The lowest BCUT2D eigenvalue weighted by Gasteiger charge is -2.42. The molecule has 3 nitrogen and oxygen atoms in total.